The SMILES string of the molecule is O=C(NCCc1ccc2c(c1)OCO2)Oc1ccc(N2CCN(C(=O)c3ccccc3C(F)(F)F)CC2)nn1. The number of amides is 2. The van der Waals surface area contributed by atoms with E-state index in [0.29, 0.717) is 43.4 Å². The number of anilines is 1. The first kappa shape index (κ1) is 26.1. The van der Waals surface area contributed by atoms with Crippen molar-refractivity contribution in [1.82, 2.24) is 20.4 Å². The summed E-state index contributed by atoms with van der Waals surface area (Å²) < 4.78 is 55.7. The van der Waals surface area contributed by atoms with Crippen molar-refractivity contribution < 1.29 is 37.0 Å². The smallest absolute Gasteiger partial charge is 0.417 e. The molecule has 0 unspecified atom stereocenters. The van der Waals surface area contributed by atoms with Crippen molar-refractivity contribution in [1.29, 1.82) is 0 Å². The zero-order valence-electron chi connectivity index (χ0n) is 20.6. The highest BCUT2D eigenvalue weighted by Crippen LogP contribution is 2.33. The minimum absolute atomic E-state index is 0.0110. The number of fused-ring (bicyclic) bond motifs is 1. The molecule has 39 heavy (non-hydrogen) atoms. The molecule has 0 aliphatic carbocycles. The third-order valence-corrected chi connectivity index (χ3v) is 6.30. The first-order chi connectivity index (χ1) is 18.8. The second-order valence-electron chi connectivity index (χ2n) is 8.81. The van der Waals surface area contributed by atoms with Gasteiger partial charge in [-0.3, -0.25) is 4.79 Å². The molecule has 10 nitrogen and oxygen atoms in total. The first-order valence-corrected chi connectivity index (χ1v) is 12.2. The van der Waals surface area contributed by atoms with Crippen molar-refractivity contribution in [3.63, 3.8) is 0 Å². The Morgan fingerprint density at radius 1 is 0.949 bits per heavy atom. The number of hydrogen-bond acceptors (Lipinski definition) is 8. The lowest BCUT2D eigenvalue weighted by Gasteiger charge is -2.35. The van der Waals surface area contributed by atoms with Crippen molar-refractivity contribution in [2.75, 3.05) is 44.4 Å². The Kier molecular flexibility index (Phi) is 7.39. The van der Waals surface area contributed by atoms with Gasteiger partial charge in [0, 0.05) is 38.8 Å². The zero-order chi connectivity index (χ0) is 27.4. The molecule has 2 aliphatic heterocycles. The van der Waals surface area contributed by atoms with Gasteiger partial charge in [0.15, 0.2) is 17.3 Å². The number of nitrogens with zero attached hydrogens (tertiary/aromatic N) is 4. The number of hydrogen-bond donors (Lipinski definition) is 1. The molecule has 5 rings (SSSR count). The number of carbonyl (C=O) groups is 2. The lowest BCUT2D eigenvalue weighted by atomic mass is 10.1. The molecule has 1 fully saturated rings. The van der Waals surface area contributed by atoms with Crippen LogP contribution in [0.25, 0.3) is 0 Å². The summed E-state index contributed by atoms with van der Waals surface area (Å²) in [5.74, 6) is 1.20. The number of rotatable bonds is 6. The van der Waals surface area contributed by atoms with Gasteiger partial charge in [-0.2, -0.15) is 13.2 Å². The fourth-order valence-electron chi connectivity index (χ4n) is 4.30. The van der Waals surface area contributed by atoms with E-state index in [1.54, 1.807) is 6.07 Å². The van der Waals surface area contributed by atoms with E-state index in [-0.39, 0.29) is 31.3 Å². The van der Waals surface area contributed by atoms with Crippen LogP contribution >= 0.6 is 0 Å². The summed E-state index contributed by atoms with van der Waals surface area (Å²) in [7, 11) is 0. The predicted octanol–water partition coefficient (Wildman–Crippen LogP) is 3.52. The second-order valence-corrected chi connectivity index (χ2v) is 8.81. The molecule has 0 radical (unpaired) electrons. The van der Waals surface area contributed by atoms with E-state index in [1.807, 2.05) is 23.1 Å². The molecule has 0 bridgehead atoms. The van der Waals surface area contributed by atoms with Crippen LogP contribution in [-0.2, 0) is 12.6 Å². The quantitative estimate of drug-likeness (QED) is 0.504. The highest BCUT2D eigenvalue weighted by atomic mass is 19.4. The molecule has 0 atom stereocenters. The van der Waals surface area contributed by atoms with Crippen molar-refractivity contribution in [2.24, 2.45) is 0 Å². The minimum atomic E-state index is -4.61. The molecule has 204 valence electrons. The van der Waals surface area contributed by atoms with E-state index in [4.69, 9.17) is 14.2 Å². The first-order valence-electron chi connectivity index (χ1n) is 12.2. The fourth-order valence-corrected chi connectivity index (χ4v) is 4.30. The van der Waals surface area contributed by atoms with E-state index >= 15 is 0 Å². The standard InChI is InChI=1S/C26H24F3N5O5/c27-26(28,29)19-4-2-1-3-18(19)24(35)34-13-11-33(12-14-34)22-7-8-23(32-31-22)39-25(36)30-10-9-17-5-6-20-21(15-17)38-16-37-20/h1-8,15H,9-14,16H2,(H,30,36). The van der Waals surface area contributed by atoms with Crippen LogP contribution in [0.15, 0.2) is 54.6 Å². The summed E-state index contributed by atoms with van der Waals surface area (Å²) in [6, 6.07) is 13.5. The summed E-state index contributed by atoms with van der Waals surface area (Å²) in [5.41, 5.74) is -0.347. The van der Waals surface area contributed by atoms with Gasteiger partial charge < -0.3 is 29.3 Å². The monoisotopic (exact) mass is 543 g/mol. The summed E-state index contributed by atoms with van der Waals surface area (Å²) in [6.45, 7) is 1.68. The van der Waals surface area contributed by atoms with Crippen LogP contribution in [0.5, 0.6) is 17.4 Å². The zero-order valence-corrected chi connectivity index (χ0v) is 20.6. The molecule has 13 heteroatoms. The van der Waals surface area contributed by atoms with Gasteiger partial charge in [-0.1, -0.05) is 18.2 Å². The number of nitrogens with one attached hydrogen (secondary N) is 1. The average Bonchev–Trinajstić information content (AvgIpc) is 3.41. The third-order valence-electron chi connectivity index (χ3n) is 6.30. The van der Waals surface area contributed by atoms with Gasteiger partial charge in [-0.25, -0.2) is 4.79 Å². The van der Waals surface area contributed by atoms with E-state index in [2.05, 4.69) is 15.5 Å². The van der Waals surface area contributed by atoms with Gasteiger partial charge in [0.05, 0.1) is 11.1 Å². The van der Waals surface area contributed by atoms with Crippen LogP contribution in [0.4, 0.5) is 23.8 Å². The van der Waals surface area contributed by atoms with Gasteiger partial charge in [0.2, 0.25) is 12.7 Å². The number of halogens is 3. The normalized spacial score (nSPS) is 14.7. The molecule has 2 aromatic carbocycles. The summed E-state index contributed by atoms with van der Waals surface area (Å²) in [5, 5.41) is 10.7. The van der Waals surface area contributed by atoms with E-state index in [9.17, 15) is 22.8 Å². The predicted molar refractivity (Wildman–Crippen MR) is 132 cm³/mol. The number of aromatic nitrogens is 2. The molecule has 3 heterocycles. The minimum Gasteiger partial charge on any atom is -0.454 e. The lowest BCUT2D eigenvalue weighted by molar-refractivity contribution is -0.138. The number of piperazine rings is 1. The van der Waals surface area contributed by atoms with Crippen molar-refractivity contribution in [2.45, 2.75) is 12.6 Å². The number of benzene rings is 2. The third kappa shape index (κ3) is 6.13. The summed E-state index contributed by atoms with van der Waals surface area (Å²) >= 11 is 0. The van der Waals surface area contributed by atoms with Gasteiger partial charge in [0.1, 0.15) is 0 Å². The topological polar surface area (TPSA) is 106 Å². The Morgan fingerprint density at radius 2 is 1.72 bits per heavy atom. The van der Waals surface area contributed by atoms with Crippen molar-refractivity contribution in [3.8, 4) is 17.4 Å². The maximum Gasteiger partial charge on any atom is 0.417 e. The number of ether oxygens (including phenoxy) is 3. The second kappa shape index (κ2) is 11.1. The van der Waals surface area contributed by atoms with E-state index in [0.717, 1.165) is 11.6 Å². The van der Waals surface area contributed by atoms with Gasteiger partial charge in [-0.05, 0) is 42.3 Å². The van der Waals surface area contributed by atoms with Crippen LogP contribution in [-0.4, -0.2) is 66.6 Å². The summed E-state index contributed by atoms with van der Waals surface area (Å²) in [6.07, 6.45) is -4.73. The Hall–Kier alpha value is -4.55. The maximum atomic E-state index is 13.3. The lowest BCUT2D eigenvalue weighted by Crippen LogP contribution is -2.49. The molecule has 3 aromatic rings. The van der Waals surface area contributed by atoms with Crippen molar-refractivity contribution in [3.05, 3.63) is 71.3 Å². The highest BCUT2D eigenvalue weighted by molar-refractivity contribution is 5.96. The van der Waals surface area contributed by atoms with Crippen LogP contribution in [0.1, 0.15) is 21.5 Å². The Bertz CT molecular complexity index is 1340. The summed E-state index contributed by atoms with van der Waals surface area (Å²) in [4.78, 5) is 28.1. The van der Waals surface area contributed by atoms with Crippen molar-refractivity contribution >= 4 is 17.8 Å². The fraction of sp³-hybridized carbons (Fsp3) is 0.308. The van der Waals surface area contributed by atoms with Gasteiger partial charge in [0.25, 0.3) is 5.91 Å². The van der Waals surface area contributed by atoms with Gasteiger partial charge >= 0.3 is 12.3 Å². The van der Waals surface area contributed by atoms with E-state index < -0.39 is 23.7 Å². The largest absolute Gasteiger partial charge is 0.454 e. The molecule has 1 N–H and O–H groups in total. The Morgan fingerprint density at radius 3 is 2.46 bits per heavy atom. The number of alkyl halides is 3. The molecule has 0 spiro atoms. The van der Waals surface area contributed by atoms with Crippen LogP contribution in [0, 0.1) is 0 Å². The molecular weight excluding hydrogens is 519 g/mol. The van der Waals surface area contributed by atoms with Gasteiger partial charge in [-0.15, -0.1) is 10.2 Å². The molecule has 2 amide bonds. The maximum absolute atomic E-state index is 13.3. The molecule has 2 aliphatic rings. The Balaban J connectivity index is 1.08. The average molecular weight is 544 g/mol. The van der Waals surface area contributed by atoms with E-state index in [1.165, 1.54) is 29.2 Å². The van der Waals surface area contributed by atoms with Crippen LogP contribution in [0.2, 0.25) is 0 Å². The molecular formula is C26H24F3N5O5. The number of carbonyl (C=O) groups excluding carboxylic acids is 2. The highest BCUT2D eigenvalue weighted by Gasteiger charge is 2.36. The molecule has 0 saturated carbocycles. The molecule has 1 aromatic heterocycles. The van der Waals surface area contributed by atoms with Crippen LogP contribution < -0.4 is 24.4 Å². The van der Waals surface area contributed by atoms with Crippen LogP contribution in [0.3, 0.4) is 0 Å². The Labute approximate surface area is 221 Å². The molecule has 1 saturated heterocycles.